The molecule has 0 saturated carbocycles. The number of aromatic hydroxyl groups is 1. The van der Waals surface area contributed by atoms with E-state index in [1.54, 1.807) is 12.1 Å². The predicted molar refractivity (Wildman–Crippen MR) is 50.6 cm³/mol. The van der Waals surface area contributed by atoms with Crippen LogP contribution < -0.4 is 5.73 Å². The van der Waals surface area contributed by atoms with Gasteiger partial charge in [0.25, 0.3) is 0 Å². The minimum Gasteiger partial charge on any atom is -0.506 e. The van der Waals surface area contributed by atoms with Crippen molar-refractivity contribution in [3.05, 3.63) is 23.4 Å². The maximum Gasteiger partial charge on any atom is 0.222 e. The van der Waals surface area contributed by atoms with Crippen molar-refractivity contribution in [2.24, 2.45) is 0 Å². The Morgan fingerprint density at radius 2 is 2.08 bits per heavy atom. The van der Waals surface area contributed by atoms with Gasteiger partial charge in [0.2, 0.25) is 5.95 Å². The lowest BCUT2D eigenvalue weighted by molar-refractivity contribution is 0.480. The Morgan fingerprint density at radius 1 is 1.31 bits per heavy atom. The number of rotatable bonds is 0. The van der Waals surface area contributed by atoms with Crippen molar-refractivity contribution >= 4 is 28.5 Å². The summed E-state index contributed by atoms with van der Waals surface area (Å²) in [5, 5.41) is 10.3. The fourth-order valence-electron chi connectivity index (χ4n) is 1.12. The van der Waals surface area contributed by atoms with Gasteiger partial charge in [-0.05, 0) is 12.1 Å². The summed E-state index contributed by atoms with van der Waals surface area (Å²) < 4.78 is 0. The van der Waals surface area contributed by atoms with Crippen molar-refractivity contribution in [2.75, 3.05) is 5.73 Å². The second-order valence-electron chi connectivity index (χ2n) is 2.55. The van der Waals surface area contributed by atoms with Crippen LogP contribution in [0.4, 0.5) is 5.95 Å². The zero-order chi connectivity index (χ0) is 9.42. The molecule has 0 aliphatic heterocycles. The molecule has 0 amide bonds. The molecule has 66 valence electrons. The van der Waals surface area contributed by atoms with E-state index in [0.717, 1.165) is 0 Å². The van der Waals surface area contributed by atoms with E-state index in [-0.39, 0.29) is 16.9 Å². The highest BCUT2D eigenvalue weighted by Gasteiger charge is 2.06. The van der Waals surface area contributed by atoms with Gasteiger partial charge < -0.3 is 10.8 Å². The maximum absolute atomic E-state index is 9.42. The zero-order valence-corrected chi connectivity index (χ0v) is 7.28. The van der Waals surface area contributed by atoms with Crippen LogP contribution in [-0.4, -0.2) is 15.1 Å². The molecule has 0 aliphatic carbocycles. The van der Waals surface area contributed by atoms with Gasteiger partial charge in [0.05, 0.1) is 0 Å². The highest BCUT2D eigenvalue weighted by molar-refractivity contribution is 6.34. The number of aromatic nitrogens is 2. The average Bonchev–Trinajstić information content (AvgIpc) is 2.07. The highest BCUT2D eigenvalue weighted by Crippen LogP contribution is 2.27. The molecule has 0 spiro atoms. The van der Waals surface area contributed by atoms with E-state index in [0.29, 0.717) is 10.9 Å². The summed E-state index contributed by atoms with van der Waals surface area (Å²) in [4.78, 5) is 7.63. The number of phenolic OH excluding ortho intramolecular Hbond substituents is 1. The molecule has 2 aromatic rings. The smallest absolute Gasteiger partial charge is 0.222 e. The summed E-state index contributed by atoms with van der Waals surface area (Å²) >= 11 is 5.79. The largest absolute Gasteiger partial charge is 0.506 e. The minimum absolute atomic E-state index is 0.0495. The molecule has 0 unspecified atom stereocenters. The molecular formula is C8H6ClN3O. The molecule has 0 aliphatic rings. The van der Waals surface area contributed by atoms with Crippen LogP contribution in [0.5, 0.6) is 5.75 Å². The third-order valence-corrected chi connectivity index (χ3v) is 1.96. The zero-order valence-electron chi connectivity index (χ0n) is 6.53. The number of anilines is 1. The third kappa shape index (κ3) is 1.25. The van der Waals surface area contributed by atoms with Crippen molar-refractivity contribution in [3.63, 3.8) is 0 Å². The predicted octanol–water partition coefficient (Wildman–Crippen LogP) is 1.57. The number of phenols is 1. The Morgan fingerprint density at radius 3 is 2.85 bits per heavy atom. The van der Waals surface area contributed by atoms with Crippen LogP contribution >= 0.6 is 11.6 Å². The van der Waals surface area contributed by atoms with E-state index >= 15 is 0 Å². The van der Waals surface area contributed by atoms with Crippen molar-refractivity contribution in [1.29, 1.82) is 0 Å². The fourth-order valence-corrected chi connectivity index (χ4v) is 1.35. The molecule has 4 nitrogen and oxygen atoms in total. The maximum atomic E-state index is 9.42. The SMILES string of the molecule is Nc1nc(Cl)c2cccc(O)c2n1. The van der Waals surface area contributed by atoms with Gasteiger partial charge in [0.15, 0.2) is 0 Å². The number of nitrogen functional groups attached to an aromatic ring is 1. The molecular weight excluding hydrogens is 190 g/mol. The van der Waals surface area contributed by atoms with Crippen molar-refractivity contribution in [2.45, 2.75) is 0 Å². The van der Waals surface area contributed by atoms with Crippen LogP contribution in [0.1, 0.15) is 0 Å². The Balaban J connectivity index is 2.94. The van der Waals surface area contributed by atoms with E-state index in [9.17, 15) is 5.11 Å². The second kappa shape index (κ2) is 2.74. The summed E-state index contributed by atoms with van der Waals surface area (Å²) in [5.74, 6) is 0.104. The summed E-state index contributed by atoms with van der Waals surface area (Å²) in [6, 6.07) is 4.91. The summed E-state index contributed by atoms with van der Waals surface area (Å²) in [5.41, 5.74) is 5.75. The van der Waals surface area contributed by atoms with Crippen molar-refractivity contribution < 1.29 is 5.11 Å². The first-order valence-electron chi connectivity index (χ1n) is 3.59. The van der Waals surface area contributed by atoms with Crippen LogP contribution in [0.15, 0.2) is 18.2 Å². The van der Waals surface area contributed by atoms with Crippen molar-refractivity contribution in [3.8, 4) is 5.75 Å². The molecule has 13 heavy (non-hydrogen) atoms. The first-order valence-corrected chi connectivity index (χ1v) is 3.97. The van der Waals surface area contributed by atoms with E-state index in [1.807, 2.05) is 0 Å². The van der Waals surface area contributed by atoms with E-state index in [4.69, 9.17) is 17.3 Å². The Hall–Kier alpha value is -1.55. The number of nitrogens with zero attached hydrogens (tertiary/aromatic N) is 2. The number of nitrogens with two attached hydrogens (primary N) is 1. The Bertz CT molecular complexity index is 472. The lowest BCUT2D eigenvalue weighted by Gasteiger charge is -2.01. The van der Waals surface area contributed by atoms with Crippen LogP contribution in [0.25, 0.3) is 10.9 Å². The van der Waals surface area contributed by atoms with Gasteiger partial charge in [-0.2, -0.15) is 0 Å². The molecule has 0 bridgehead atoms. The van der Waals surface area contributed by atoms with Crippen molar-refractivity contribution in [1.82, 2.24) is 9.97 Å². The van der Waals surface area contributed by atoms with E-state index in [2.05, 4.69) is 9.97 Å². The van der Waals surface area contributed by atoms with Gasteiger partial charge in [-0.25, -0.2) is 9.97 Å². The van der Waals surface area contributed by atoms with Gasteiger partial charge in [-0.3, -0.25) is 0 Å². The monoisotopic (exact) mass is 195 g/mol. The quantitative estimate of drug-likeness (QED) is 0.626. The molecule has 2 rings (SSSR count). The standard InChI is InChI=1S/C8H6ClN3O/c9-7-4-2-1-3-5(13)6(4)11-8(10)12-7/h1-3,13H,(H2,10,11,12). The Labute approximate surface area is 79.0 Å². The molecule has 0 radical (unpaired) electrons. The molecule has 5 heteroatoms. The normalized spacial score (nSPS) is 10.5. The van der Waals surface area contributed by atoms with Crippen LogP contribution in [0.2, 0.25) is 5.15 Å². The molecule has 3 N–H and O–H groups in total. The molecule has 0 saturated heterocycles. The van der Waals surface area contributed by atoms with Gasteiger partial charge in [-0.1, -0.05) is 17.7 Å². The topological polar surface area (TPSA) is 72.0 Å². The number of para-hydroxylation sites is 1. The summed E-state index contributed by atoms with van der Waals surface area (Å²) in [7, 11) is 0. The first-order chi connectivity index (χ1) is 6.18. The lowest BCUT2D eigenvalue weighted by Crippen LogP contribution is -1.95. The second-order valence-corrected chi connectivity index (χ2v) is 2.90. The Kier molecular flexibility index (Phi) is 1.70. The number of hydrogen-bond donors (Lipinski definition) is 2. The molecule has 0 atom stereocenters. The van der Waals surface area contributed by atoms with E-state index < -0.39 is 0 Å². The number of halogens is 1. The van der Waals surface area contributed by atoms with Gasteiger partial charge in [0.1, 0.15) is 16.4 Å². The molecule has 1 heterocycles. The summed E-state index contributed by atoms with van der Waals surface area (Å²) in [6.07, 6.45) is 0. The molecule has 1 aromatic carbocycles. The van der Waals surface area contributed by atoms with Crippen LogP contribution in [0.3, 0.4) is 0 Å². The number of fused-ring (bicyclic) bond motifs is 1. The highest BCUT2D eigenvalue weighted by atomic mass is 35.5. The number of hydrogen-bond acceptors (Lipinski definition) is 4. The van der Waals surface area contributed by atoms with Crippen LogP contribution in [0, 0.1) is 0 Å². The summed E-state index contributed by atoms with van der Waals surface area (Å²) in [6.45, 7) is 0. The molecule has 1 aromatic heterocycles. The van der Waals surface area contributed by atoms with Gasteiger partial charge >= 0.3 is 0 Å². The average molecular weight is 196 g/mol. The molecule has 0 fully saturated rings. The van der Waals surface area contributed by atoms with E-state index in [1.165, 1.54) is 6.07 Å². The van der Waals surface area contributed by atoms with Gasteiger partial charge in [-0.15, -0.1) is 0 Å². The number of benzene rings is 1. The van der Waals surface area contributed by atoms with Crippen LogP contribution in [-0.2, 0) is 0 Å². The first kappa shape index (κ1) is 8.07. The fraction of sp³-hybridized carbons (Fsp3) is 0. The lowest BCUT2D eigenvalue weighted by atomic mass is 10.2. The minimum atomic E-state index is 0.0495. The van der Waals surface area contributed by atoms with Gasteiger partial charge in [0, 0.05) is 5.39 Å². The third-order valence-electron chi connectivity index (χ3n) is 1.68.